The summed E-state index contributed by atoms with van der Waals surface area (Å²) in [6.07, 6.45) is -0.0223. The molecule has 1 aromatic heterocycles. The molecule has 1 heterocycles. The van der Waals surface area contributed by atoms with Gasteiger partial charge in [-0.15, -0.1) is 0 Å². The predicted molar refractivity (Wildman–Crippen MR) is 60.5 cm³/mol. The van der Waals surface area contributed by atoms with Crippen molar-refractivity contribution in [3.63, 3.8) is 0 Å². The van der Waals surface area contributed by atoms with Gasteiger partial charge >= 0.3 is 0 Å². The lowest BCUT2D eigenvalue weighted by atomic mass is 10.0. The zero-order valence-electron chi connectivity index (χ0n) is 9.57. The van der Waals surface area contributed by atoms with Crippen LogP contribution < -0.4 is 15.6 Å². The first-order valence-corrected chi connectivity index (χ1v) is 4.78. The molecular formula is C11H11N6+. The number of nitrogens with zero attached hydrogens (tertiary/aromatic N) is 4. The molecule has 1 rings (SSSR count). The molecule has 0 bridgehead atoms. The molecule has 17 heavy (non-hydrogen) atoms. The summed E-state index contributed by atoms with van der Waals surface area (Å²) in [4.78, 5) is 4.47. The van der Waals surface area contributed by atoms with E-state index in [1.807, 2.05) is 18.2 Å². The maximum absolute atomic E-state index is 9.13. The SMILES string of the molecule is CN(C)c1[nH+]c(N)c(C#N)c(CC#N)c1C#N. The van der Waals surface area contributed by atoms with Crippen molar-refractivity contribution in [2.75, 3.05) is 24.7 Å². The van der Waals surface area contributed by atoms with Gasteiger partial charge in [0.1, 0.15) is 23.3 Å². The Hall–Kier alpha value is -2.78. The van der Waals surface area contributed by atoms with E-state index in [1.54, 1.807) is 19.0 Å². The number of hydrogen-bond donors (Lipinski definition) is 1. The average Bonchev–Trinajstić information content (AvgIpc) is 2.29. The van der Waals surface area contributed by atoms with E-state index in [0.717, 1.165) is 0 Å². The number of hydrogen-bond acceptors (Lipinski definition) is 5. The second-order valence-electron chi connectivity index (χ2n) is 3.57. The number of pyridine rings is 1. The standard InChI is InChI=1S/C11H10N6/c1-17(2)11-9(6-14)7(3-4-12)8(5-13)10(15)16-11/h3H2,1-2H3,(H2,15,16)/p+1. The molecule has 0 radical (unpaired) electrons. The van der Waals surface area contributed by atoms with Crippen molar-refractivity contribution in [1.82, 2.24) is 0 Å². The second-order valence-corrected chi connectivity index (χ2v) is 3.57. The quantitative estimate of drug-likeness (QED) is 0.761. The van der Waals surface area contributed by atoms with Gasteiger partial charge < -0.3 is 5.73 Å². The Morgan fingerprint density at radius 2 is 1.76 bits per heavy atom. The van der Waals surface area contributed by atoms with E-state index in [0.29, 0.717) is 11.4 Å². The third kappa shape index (κ3) is 2.09. The number of nitrogen functional groups attached to an aromatic ring is 1. The van der Waals surface area contributed by atoms with Crippen LogP contribution in [0.4, 0.5) is 11.6 Å². The van der Waals surface area contributed by atoms with Crippen molar-refractivity contribution in [3.05, 3.63) is 16.7 Å². The Bertz CT molecular complexity index is 568. The molecule has 6 nitrogen and oxygen atoms in total. The Morgan fingerprint density at radius 3 is 2.18 bits per heavy atom. The fraction of sp³-hybridized carbons (Fsp3) is 0.273. The summed E-state index contributed by atoms with van der Waals surface area (Å²) < 4.78 is 0. The van der Waals surface area contributed by atoms with E-state index >= 15 is 0 Å². The highest BCUT2D eigenvalue weighted by Gasteiger charge is 2.22. The topological polar surface area (TPSA) is 115 Å². The molecule has 0 aliphatic rings. The van der Waals surface area contributed by atoms with Crippen LogP contribution in [0.15, 0.2) is 0 Å². The van der Waals surface area contributed by atoms with Crippen molar-refractivity contribution >= 4 is 11.6 Å². The number of nitrogens with two attached hydrogens (primary N) is 1. The number of H-pyrrole nitrogens is 1. The van der Waals surface area contributed by atoms with E-state index in [4.69, 9.17) is 21.5 Å². The van der Waals surface area contributed by atoms with Crippen LogP contribution in [0.25, 0.3) is 0 Å². The molecule has 0 spiro atoms. The van der Waals surface area contributed by atoms with Crippen LogP contribution in [0.2, 0.25) is 0 Å². The Kier molecular flexibility index (Phi) is 3.49. The smallest absolute Gasteiger partial charge is 0.239 e. The Balaban J connectivity index is 3.69. The third-order valence-corrected chi connectivity index (χ3v) is 2.29. The van der Waals surface area contributed by atoms with E-state index in [1.165, 1.54) is 0 Å². The molecule has 0 fully saturated rings. The van der Waals surface area contributed by atoms with Crippen LogP contribution in [0, 0.1) is 34.0 Å². The molecule has 0 aromatic carbocycles. The number of nitrogens with one attached hydrogen (secondary N) is 1. The molecule has 0 aliphatic carbocycles. The summed E-state index contributed by atoms with van der Waals surface area (Å²) in [6.45, 7) is 0. The summed E-state index contributed by atoms with van der Waals surface area (Å²) >= 11 is 0. The summed E-state index contributed by atoms with van der Waals surface area (Å²) in [7, 11) is 3.49. The van der Waals surface area contributed by atoms with Gasteiger partial charge in [0.05, 0.1) is 26.6 Å². The summed E-state index contributed by atoms with van der Waals surface area (Å²) in [5, 5.41) is 26.9. The van der Waals surface area contributed by atoms with E-state index in [-0.39, 0.29) is 23.4 Å². The first kappa shape index (κ1) is 12.3. The van der Waals surface area contributed by atoms with Crippen molar-refractivity contribution in [2.24, 2.45) is 0 Å². The molecule has 0 amide bonds. The van der Waals surface area contributed by atoms with Gasteiger partial charge in [0, 0.05) is 5.56 Å². The van der Waals surface area contributed by atoms with Gasteiger partial charge in [-0.05, 0) is 0 Å². The zero-order chi connectivity index (χ0) is 13.0. The maximum atomic E-state index is 9.13. The average molecular weight is 227 g/mol. The molecule has 0 unspecified atom stereocenters. The molecule has 0 saturated heterocycles. The zero-order valence-corrected chi connectivity index (χ0v) is 9.57. The fourth-order valence-corrected chi connectivity index (χ4v) is 1.52. The van der Waals surface area contributed by atoms with Gasteiger partial charge in [-0.2, -0.15) is 15.8 Å². The van der Waals surface area contributed by atoms with Crippen LogP contribution in [-0.4, -0.2) is 14.1 Å². The molecule has 0 aliphatic heterocycles. The fourth-order valence-electron chi connectivity index (χ4n) is 1.52. The van der Waals surface area contributed by atoms with E-state index in [9.17, 15) is 0 Å². The summed E-state index contributed by atoms with van der Waals surface area (Å²) in [5.74, 6) is 0.662. The van der Waals surface area contributed by atoms with E-state index < -0.39 is 0 Å². The Morgan fingerprint density at radius 1 is 1.18 bits per heavy atom. The predicted octanol–water partition coefficient (Wildman–Crippen LogP) is -0.0417. The number of aromatic nitrogens is 1. The summed E-state index contributed by atoms with van der Waals surface area (Å²) in [5.41, 5.74) is 6.51. The lowest BCUT2D eigenvalue weighted by Gasteiger charge is -2.12. The first-order chi connectivity index (χ1) is 8.06. The molecule has 3 N–H and O–H groups in total. The monoisotopic (exact) mass is 227 g/mol. The molecule has 6 heteroatoms. The molecule has 84 valence electrons. The number of aromatic amines is 1. The highest BCUT2D eigenvalue weighted by Crippen LogP contribution is 2.23. The minimum atomic E-state index is -0.0223. The van der Waals surface area contributed by atoms with Gasteiger partial charge in [-0.25, -0.2) is 4.98 Å². The van der Waals surface area contributed by atoms with Gasteiger partial charge in [0.25, 0.3) is 0 Å². The second kappa shape index (κ2) is 4.83. The third-order valence-electron chi connectivity index (χ3n) is 2.29. The van der Waals surface area contributed by atoms with Crippen LogP contribution in [0.5, 0.6) is 0 Å². The molecule has 0 atom stereocenters. The molecular weight excluding hydrogens is 216 g/mol. The lowest BCUT2D eigenvalue weighted by molar-refractivity contribution is -0.346. The van der Waals surface area contributed by atoms with Gasteiger partial charge in [-0.1, -0.05) is 0 Å². The van der Waals surface area contributed by atoms with Crippen molar-refractivity contribution in [3.8, 4) is 18.2 Å². The van der Waals surface area contributed by atoms with Crippen molar-refractivity contribution < 1.29 is 4.98 Å². The lowest BCUT2D eigenvalue weighted by Crippen LogP contribution is -2.27. The number of anilines is 2. The highest BCUT2D eigenvalue weighted by atomic mass is 15.1. The first-order valence-electron chi connectivity index (χ1n) is 4.78. The van der Waals surface area contributed by atoms with E-state index in [2.05, 4.69) is 4.98 Å². The van der Waals surface area contributed by atoms with Crippen LogP contribution in [0.3, 0.4) is 0 Å². The minimum Gasteiger partial charge on any atom is -0.318 e. The largest absolute Gasteiger partial charge is 0.318 e. The van der Waals surface area contributed by atoms with Crippen molar-refractivity contribution in [2.45, 2.75) is 6.42 Å². The van der Waals surface area contributed by atoms with Gasteiger partial charge in [0.15, 0.2) is 0 Å². The minimum absolute atomic E-state index is 0.0223. The van der Waals surface area contributed by atoms with Crippen molar-refractivity contribution in [1.29, 1.82) is 15.8 Å². The van der Waals surface area contributed by atoms with Gasteiger partial charge in [-0.3, -0.25) is 4.90 Å². The Labute approximate surface area is 99.1 Å². The number of rotatable bonds is 2. The van der Waals surface area contributed by atoms with Crippen LogP contribution in [0.1, 0.15) is 16.7 Å². The van der Waals surface area contributed by atoms with Crippen LogP contribution in [-0.2, 0) is 6.42 Å². The number of nitriles is 3. The molecule has 1 aromatic rings. The van der Waals surface area contributed by atoms with Gasteiger partial charge in [0.2, 0.25) is 11.6 Å². The molecule has 0 saturated carbocycles. The highest BCUT2D eigenvalue weighted by molar-refractivity contribution is 5.63. The maximum Gasteiger partial charge on any atom is 0.239 e. The summed E-state index contributed by atoms with van der Waals surface area (Å²) in [6, 6.07) is 5.85. The van der Waals surface area contributed by atoms with Crippen LogP contribution >= 0.6 is 0 Å². The normalized spacial score (nSPS) is 8.88.